The molecule has 25 heavy (non-hydrogen) atoms. The quantitative estimate of drug-likeness (QED) is 0.709. The molecule has 1 amide bonds. The third-order valence-corrected chi connectivity index (χ3v) is 3.39. The summed E-state index contributed by atoms with van der Waals surface area (Å²) < 4.78 is 16.0. The predicted octanol–water partition coefficient (Wildman–Crippen LogP) is 3.80. The van der Waals surface area contributed by atoms with Crippen LogP contribution < -0.4 is 14.8 Å². The molecule has 0 bridgehead atoms. The number of amides is 1. The topological polar surface area (TPSA) is 73.6 Å². The normalized spacial score (nSPS) is 10.3. The van der Waals surface area contributed by atoms with Crippen molar-refractivity contribution in [3.05, 3.63) is 72.3 Å². The average Bonchev–Trinajstić information content (AvgIpc) is 3.17. The number of nitrogens with one attached hydrogen (secondary N) is 1. The zero-order valence-electron chi connectivity index (χ0n) is 13.8. The van der Waals surface area contributed by atoms with Gasteiger partial charge in [0.2, 0.25) is 5.88 Å². The van der Waals surface area contributed by atoms with Crippen molar-refractivity contribution in [3.8, 4) is 17.4 Å². The number of ether oxygens (including phenoxy) is 2. The van der Waals surface area contributed by atoms with Gasteiger partial charge in [-0.3, -0.25) is 4.79 Å². The molecular weight excluding hydrogens is 320 g/mol. The molecule has 3 aromatic rings. The van der Waals surface area contributed by atoms with Crippen molar-refractivity contribution >= 4 is 5.91 Å². The van der Waals surface area contributed by atoms with E-state index in [9.17, 15) is 4.79 Å². The predicted molar refractivity (Wildman–Crippen MR) is 91.8 cm³/mol. The lowest BCUT2D eigenvalue weighted by atomic mass is 10.2. The Morgan fingerprint density at radius 1 is 1.16 bits per heavy atom. The Labute approximate surface area is 145 Å². The summed E-state index contributed by atoms with van der Waals surface area (Å²) in [4.78, 5) is 16.1. The van der Waals surface area contributed by atoms with Crippen LogP contribution in [0.1, 0.15) is 22.8 Å². The Balaban J connectivity index is 1.60. The summed E-state index contributed by atoms with van der Waals surface area (Å²) in [6.07, 6.45) is 4.51. The van der Waals surface area contributed by atoms with Crippen LogP contribution in [0.3, 0.4) is 0 Å². The summed E-state index contributed by atoms with van der Waals surface area (Å²) in [5.74, 6) is 1.72. The molecular formula is C19H18N2O4. The Morgan fingerprint density at radius 3 is 2.68 bits per heavy atom. The number of benzene rings is 1. The number of hydrogen-bond acceptors (Lipinski definition) is 5. The zero-order valence-corrected chi connectivity index (χ0v) is 13.8. The highest BCUT2D eigenvalue weighted by atomic mass is 16.5. The molecule has 0 unspecified atom stereocenters. The molecule has 0 saturated heterocycles. The van der Waals surface area contributed by atoms with Crippen molar-refractivity contribution in [2.75, 3.05) is 6.61 Å². The van der Waals surface area contributed by atoms with Crippen LogP contribution in [0.2, 0.25) is 0 Å². The smallest absolute Gasteiger partial charge is 0.254 e. The van der Waals surface area contributed by atoms with E-state index in [-0.39, 0.29) is 5.91 Å². The Kier molecular flexibility index (Phi) is 5.31. The Hall–Kier alpha value is -3.28. The van der Waals surface area contributed by atoms with E-state index < -0.39 is 0 Å². The molecule has 1 N–H and O–H groups in total. The maximum absolute atomic E-state index is 11.9. The van der Waals surface area contributed by atoms with Gasteiger partial charge in [0.15, 0.2) is 0 Å². The monoisotopic (exact) mass is 338 g/mol. The van der Waals surface area contributed by atoms with Gasteiger partial charge < -0.3 is 19.2 Å². The third-order valence-electron chi connectivity index (χ3n) is 3.39. The highest BCUT2D eigenvalue weighted by Gasteiger charge is 2.07. The minimum atomic E-state index is -0.195. The summed E-state index contributed by atoms with van der Waals surface area (Å²) in [5, 5.41) is 2.82. The van der Waals surface area contributed by atoms with Crippen molar-refractivity contribution in [1.29, 1.82) is 0 Å². The number of aromatic nitrogens is 1. The molecule has 0 fully saturated rings. The molecule has 2 aromatic heterocycles. The molecule has 0 spiro atoms. The van der Waals surface area contributed by atoms with Gasteiger partial charge >= 0.3 is 0 Å². The van der Waals surface area contributed by atoms with E-state index in [0.29, 0.717) is 30.3 Å². The second-order valence-electron chi connectivity index (χ2n) is 5.20. The van der Waals surface area contributed by atoms with Crippen LogP contribution in [0.15, 0.2) is 65.6 Å². The summed E-state index contributed by atoms with van der Waals surface area (Å²) in [7, 11) is 0. The second-order valence-corrected chi connectivity index (χ2v) is 5.20. The van der Waals surface area contributed by atoms with Crippen LogP contribution in [0.4, 0.5) is 0 Å². The number of furan rings is 1. The highest BCUT2D eigenvalue weighted by Crippen LogP contribution is 2.23. The van der Waals surface area contributed by atoms with Gasteiger partial charge in [-0.15, -0.1) is 0 Å². The van der Waals surface area contributed by atoms with Crippen molar-refractivity contribution in [3.63, 3.8) is 0 Å². The summed E-state index contributed by atoms with van der Waals surface area (Å²) in [6, 6.07) is 12.5. The van der Waals surface area contributed by atoms with Gasteiger partial charge in [-0.25, -0.2) is 4.98 Å². The average molecular weight is 338 g/mol. The third kappa shape index (κ3) is 4.60. The minimum Gasteiger partial charge on any atom is -0.494 e. The molecule has 0 aliphatic rings. The minimum absolute atomic E-state index is 0.195. The molecule has 128 valence electrons. The van der Waals surface area contributed by atoms with Gasteiger partial charge in [0.05, 0.1) is 18.4 Å². The number of hydrogen-bond donors (Lipinski definition) is 1. The van der Waals surface area contributed by atoms with Gasteiger partial charge in [0, 0.05) is 18.8 Å². The van der Waals surface area contributed by atoms with Gasteiger partial charge in [-0.1, -0.05) is 0 Å². The van der Waals surface area contributed by atoms with Crippen molar-refractivity contribution in [1.82, 2.24) is 10.3 Å². The van der Waals surface area contributed by atoms with Crippen molar-refractivity contribution in [2.24, 2.45) is 0 Å². The Morgan fingerprint density at radius 2 is 1.96 bits per heavy atom. The van der Waals surface area contributed by atoms with Crippen molar-refractivity contribution < 1.29 is 18.7 Å². The molecule has 6 nitrogen and oxygen atoms in total. The molecule has 0 aliphatic heterocycles. The number of nitrogens with zero attached hydrogens (tertiary/aromatic N) is 1. The molecule has 2 heterocycles. The fourth-order valence-electron chi connectivity index (χ4n) is 2.19. The number of rotatable bonds is 7. The van der Waals surface area contributed by atoms with Gasteiger partial charge in [0.25, 0.3) is 5.91 Å². The van der Waals surface area contributed by atoms with Gasteiger partial charge in [-0.2, -0.15) is 0 Å². The Bertz CT molecular complexity index is 814. The van der Waals surface area contributed by atoms with Crippen LogP contribution in [0.5, 0.6) is 17.4 Å². The van der Waals surface area contributed by atoms with Crippen LogP contribution in [0.25, 0.3) is 0 Å². The molecule has 1 aromatic carbocycles. The van der Waals surface area contributed by atoms with Gasteiger partial charge in [-0.05, 0) is 48.9 Å². The molecule has 6 heteroatoms. The molecule has 0 atom stereocenters. The maximum Gasteiger partial charge on any atom is 0.254 e. The van der Waals surface area contributed by atoms with Crippen LogP contribution in [-0.4, -0.2) is 17.5 Å². The first-order valence-corrected chi connectivity index (χ1v) is 7.90. The first-order chi connectivity index (χ1) is 12.2. The largest absolute Gasteiger partial charge is 0.494 e. The van der Waals surface area contributed by atoms with E-state index in [1.54, 1.807) is 18.3 Å². The first kappa shape index (κ1) is 16.6. The van der Waals surface area contributed by atoms with E-state index in [4.69, 9.17) is 13.9 Å². The second kappa shape index (κ2) is 8.01. The first-order valence-electron chi connectivity index (χ1n) is 7.90. The zero-order chi connectivity index (χ0) is 17.5. The van der Waals surface area contributed by atoms with Crippen LogP contribution in [-0.2, 0) is 6.54 Å². The fraction of sp³-hybridized carbons (Fsp3) is 0.158. The lowest BCUT2D eigenvalue weighted by Crippen LogP contribution is -2.22. The van der Waals surface area contributed by atoms with Crippen molar-refractivity contribution in [2.45, 2.75) is 13.5 Å². The number of pyridine rings is 1. The maximum atomic E-state index is 11.9. The van der Waals surface area contributed by atoms with E-state index in [0.717, 1.165) is 11.3 Å². The molecule has 0 saturated carbocycles. The lowest BCUT2D eigenvalue weighted by Gasteiger charge is -2.08. The van der Waals surface area contributed by atoms with E-state index in [1.165, 1.54) is 12.5 Å². The molecule has 0 radical (unpaired) electrons. The van der Waals surface area contributed by atoms with E-state index in [1.807, 2.05) is 37.3 Å². The van der Waals surface area contributed by atoms with E-state index in [2.05, 4.69) is 10.3 Å². The van der Waals surface area contributed by atoms with Crippen LogP contribution >= 0.6 is 0 Å². The number of carbonyl (C=O) groups is 1. The van der Waals surface area contributed by atoms with E-state index >= 15 is 0 Å². The standard InChI is InChI=1S/C19H18N2O4/c1-2-24-16-3-5-17(6-4-16)25-18-11-14(7-9-20-18)12-21-19(22)15-8-10-23-13-15/h3-11,13H,2,12H2,1H3,(H,21,22). The summed E-state index contributed by atoms with van der Waals surface area (Å²) >= 11 is 0. The summed E-state index contributed by atoms with van der Waals surface area (Å²) in [6.45, 7) is 2.92. The highest BCUT2D eigenvalue weighted by molar-refractivity contribution is 5.93. The fourth-order valence-corrected chi connectivity index (χ4v) is 2.19. The SMILES string of the molecule is CCOc1ccc(Oc2cc(CNC(=O)c3ccoc3)ccn2)cc1. The molecule has 3 rings (SSSR count). The molecule has 0 aliphatic carbocycles. The van der Waals surface area contributed by atoms with Crippen LogP contribution in [0, 0.1) is 0 Å². The van der Waals surface area contributed by atoms with Gasteiger partial charge in [0.1, 0.15) is 17.8 Å². The summed E-state index contributed by atoms with van der Waals surface area (Å²) in [5.41, 5.74) is 1.37. The lowest BCUT2D eigenvalue weighted by molar-refractivity contribution is 0.0950. The number of carbonyl (C=O) groups excluding carboxylic acids is 1.